The van der Waals surface area contributed by atoms with Crippen LogP contribution in [0.2, 0.25) is 0 Å². The Labute approximate surface area is 100 Å². The molecule has 3 N–H and O–H groups in total. The minimum Gasteiger partial charge on any atom is -0.481 e. The highest BCUT2D eigenvalue weighted by molar-refractivity contribution is 5.78. The SMILES string of the molecule is CCNC(=O)CCNC(=O)N(C)CCC(=O)O. The molecule has 0 aromatic rings. The lowest BCUT2D eigenvalue weighted by Crippen LogP contribution is -2.40. The smallest absolute Gasteiger partial charge is 0.317 e. The number of carbonyl (C=O) groups is 3. The lowest BCUT2D eigenvalue weighted by atomic mass is 10.4. The number of urea groups is 1. The molecule has 0 aromatic carbocycles. The van der Waals surface area contributed by atoms with Crippen molar-refractivity contribution in [2.45, 2.75) is 19.8 Å². The maximum absolute atomic E-state index is 11.4. The van der Waals surface area contributed by atoms with Gasteiger partial charge in [0.1, 0.15) is 0 Å². The summed E-state index contributed by atoms with van der Waals surface area (Å²) in [7, 11) is 1.50. The number of nitrogens with one attached hydrogen (secondary N) is 2. The molecule has 0 atom stereocenters. The van der Waals surface area contributed by atoms with Crippen molar-refractivity contribution in [3.63, 3.8) is 0 Å². The first-order valence-electron chi connectivity index (χ1n) is 5.44. The van der Waals surface area contributed by atoms with Gasteiger partial charge in [0.25, 0.3) is 0 Å². The number of aliphatic carboxylic acids is 1. The van der Waals surface area contributed by atoms with Gasteiger partial charge in [-0.2, -0.15) is 0 Å². The Balaban J connectivity index is 3.70. The number of rotatable bonds is 7. The Kier molecular flexibility index (Phi) is 7.49. The standard InChI is InChI=1S/C10H19N3O4/c1-3-11-8(14)4-6-12-10(17)13(2)7-5-9(15)16/h3-7H2,1-2H3,(H,11,14)(H,12,17)(H,15,16). The van der Waals surface area contributed by atoms with E-state index < -0.39 is 5.97 Å². The van der Waals surface area contributed by atoms with E-state index in [0.29, 0.717) is 6.54 Å². The van der Waals surface area contributed by atoms with E-state index in [4.69, 9.17) is 5.11 Å². The van der Waals surface area contributed by atoms with Gasteiger partial charge in [0.15, 0.2) is 0 Å². The minimum atomic E-state index is -0.952. The molecule has 0 rings (SSSR count). The zero-order valence-corrected chi connectivity index (χ0v) is 10.2. The van der Waals surface area contributed by atoms with Crippen LogP contribution in [0, 0.1) is 0 Å². The van der Waals surface area contributed by atoms with Crippen molar-refractivity contribution >= 4 is 17.9 Å². The molecule has 0 saturated heterocycles. The Morgan fingerprint density at radius 2 is 1.82 bits per heavy atom. The van der Waals surface area contributed by atoms with Crippen LogP contribution >= 0.6 is 0 Å². The highest BCUT2D eigenvalue weighted by atomic mass is 16.4. The molecule has 0 unspecified atom stereocenters. The van der Waals surface area contributed by atoms with Crippen LogP contribution in [0.4, 0.5) is 4.79 Å². The van der Waals surface area contributed by atoms with E-state index in [9.17, 15) is 14.4 Å². The van der Waals surface area contributed by atoms with E-state index in [2.05, 4.69) is 10.6 Å². The third-order valence-electron chi connectivity index (χ3n) is 2.01. The lowest BCUT2D eigenvalue weighted by molar-refractivity contribution is -0.137. The van der Waals surface area contributed by atoms with E-state index in [1.54, 1.807) is 0 Å². The zero-order chi connectivity index (χ0) is 13.3. The van der Waals surface area contributed by atoms with Gasteiger partial charge in [-0.15, -0.1) is 0 Å². The molecule has 7 heteroatoms. The summed E-state index contributed by atoms with van der Waals surface area (Å²) >= 11 is 0. The van der Waals surface area contributed by atoms with Gasteiger partial charge in [-0.1, -0.05) is 0 Å². The molecule has 0 bridgehead atoms. The molecule has 98 valence electrons. The zero-order valence-electron chi connectivity index (χ0n) is 10.2. The van der Waals surface area contributed by atoms with Crippen LogP contribution in [-0.2, 0) is 9.59 Å². The van der Waals surface area contributed by atoms with Crippen LogP contribution in [-0.4, -0.2) is 54.6 Å². The highest BCUT2D eigenvalue weighted by Gasteiger charge is 2.09. The Hall–Kier alpha value is -1.79. The number of amides is 3. The number of carbonyl (C=O) groups excluding carboxylic acids is 2. The molecule has 0 saturated carbocycles. The quantitative estimate of drug-likeness (QED) is 0.570. The van der Waals surface area contributed by atoms with Gasteiger partial charge in [0, 0.05) is 33.1 Å². The van der Waals surface area contributed by atoms with E-state index in [0.717, 1.165) is 0 Å². The second kappa shape index (κ2) is 8.37. The fraction of sp³-hybridized carbons (Fsp3) is 0.700. The Bertz CT molecular complexity index is 281. The molecule has 0 radical (unpaired) electrons. The number of carboxylic acids is 1. The van der Waals surface area contributed by atoms with Crippen molar-refractivity contribution in [2.75, 3.05) is 26.7 Å². The first kappa shape index (κ1) is 15.2. The third-order valence-corrected chi connectivity index (χ3v) is 2.01. The fourth-order valence-corrected chi connectivity index (χ4v) is 1.07. The van der Waals surface area contributed by atoms with Gasteiger partial charge in [0.05, 0.1) is 6.42 Å². The molecule has 0 aromatic heterocycles. The van der Waals surface area contributed by atoms with Crippen LogP contribution in [0.1, 0.15) is 19.8 Å². The van der Waals surface area contributed by atoms with E-state index in [1.807, 2.05) is 6.92 Å². The van der Waals surface area contributed by atoms with Crippen molar-refractivity contribution in [1.29, 1.82) is 0 Å². The summed E-state index contributed by atoms with van der Waals surface area (Å²) in [6.45, 7) is 2.76. The normalized spacial score (nSPS) is 9.53. The van der Waals surface area contributed by atoms with Crippen LogP contribution in [0.15, 0.2) is 0 Å². The molecule has 3 amide bonds. The fourth-order valence-electron chi connectivity index (χ4n) is 1.07. The number of hydrogen-bond donors (Lipinski definition) is 3. The third kappa shape index (κ3) is 8.06. The summed E-state index contributed by atoms with van der Waals surface area (Å²) in [6, 6.07) is -0.379. The Morgan fingerprint density at radius 1 is 1.18 bits per heavy atom. The maximum atomic E-state index is 11.4. The number of nitrogens with zero attached hydrogens (tertiary/aromatic N) is 1. The molecule has 17 heavy (non-hydrogen) atoms. The molecule has 7 nitrogen and oxygen atoms in total. The van der Waals surface area contributed by atoms with Crippen molar-refractivity contribution in [3.05, 3.63) is 0 Å². The second-order valence-corrected chi connectivity index (χ2v) is 3.50. The second-order valence-electron chi connectivity index (χ2n) is 3.50. The van der Waals surface area contributed by atoms with Crippen molar-refractivity contribution in [1.82, 2.24) is 15.5 Å². The van der Waals surface area contributed by atoms with Crippen molar-refractivity contribution in [2.24, 2.45) is 0 Å². The predicted molar refractivity (Wildman–Crippen MR) is 61.6 cm³/mol. The molecule has 0 aliphatic carbocycles. The minimum absolute atomic E-state index is 0.0970. The molecule has 0 fully saturated rings. The molecular formula is C10H19N3O4. The number of carboxylic acid groups (broad SMARTS) is 1. The summed E-state index contributed by atoms with van der Waals surface area (Å²) in [5.74, 6) is -1.08. The van der Waals surface area contributed by atoms with E-state index in [-0.39, 0.29) is 37.9 Å². The van der Waals surface area contributed by atoms with E-state index >= 15 is 0 Å². The molecule has 0 aliphatic heterocycles. The van der Waals surface area contributed by atoms with Gasteiger partial charge in [0.2, 0.25) is 5.91 Å². The van der Waals surface area contributed by atoms with Gasteiger partial charge in [-0.05, 0) is 6.92 Å². The molecule has 0 spiro atoms. The summed E-state index contributed by atoms with van der Waals surface area (Å²) in [5.41, 5.74) is 0. The average molecular weight is 245 g/mol. The van der Waals surface area contributed by atoms with Gasteiger partial charge >= 0.3 is 12.0 Å². The van der Waals surface area contributed by atoms with Gasteiger partial charge in [-0.25, -0.2) is 4.79 Å². The van der Waals surface area contributed by atoms with Crippen LogP contribution in [0.3, 0.4) is 0 Å². The summed E-state index contributed by atoms with van der Waals surface area (Å²) in [4.78, 5) is 34.0. The van der Waals surface area contributed by atoms with Gasteiger partial charge in [-0.3, -0.25) is 9.59 Å². The molecule has 0 aliphatic rings. The van der Waals surface area contributed by atoms with Crippen molar-refractivity contribution in [3.8, 4) is 0 Å². The number of hydrogen-bond acceptors (Lipinski definition) is 3. The van der Waals surface area contributed by atoms with Crippen LogP contribution in [0.5, 0.6) is 0 Å². The van der Waals surface area contributed by atoms with E-state index in [1.165, 1.54) is 11.9 Å². The van der Waals surface area contributed by atoms with Crippen molar-refractivity contribution < 1.29 is 19.5 Å². The first-order chi connectivity index (χ1) is 7.97. The maximum Gasteiger partial charge on any atom is 0.317 e. The van der Waals surface area contributed by atoms with Crippen LogP contribution in [0.25, 0.3) is 0 Å². The lowest BCUT2D eigenvalue weighted by Gasteiger charge is -2.16. The summed E-state index contributed by atoms with van der Waals surface area (Å²) in [5, 5.41) is 13.6. The summed E-state index contributed by atoms with van der Waals surface area (Å²) < 4.78 is 0. The predicted octanol–water partition coefficient (Wildman–Crippen LogP) is -0.371. The monoisotopic (exact) mass is 245 g/mol. The highest BCUT2D eigenvalue weighted by Crippen LogP contribution is 1.89. The molecule has 0 heterocycles. The topological polar surface area (TPSA) is 98.7 Å². The molecular weight excluding hydrogens is 226 g/mol. The average Bonchev–Trinajstić information content (AvgIpc) is 2.25. The first-order valence-corrected chi connectivity index (χ1v) is 5.44. The van der Waals surface area contributed by atoms with Gasteiger partial charge < -0.3 is 20.6 Å². The van der Waals surface area contributed by atoms with Crippen LogP contribution < -0.4 is 10.6 Å². The summed E-state index contributed by atoms with van der Waals surface area (Å²) in [6.07, 6.45) is 0.118. The Morgan fingerprint density at radius 3 is 2.35 bits per heavy atom. The largest absolute Gasteiger partial charge is 0.481 e.